The van der Waals surface area contributed by atoms with Crippen molar-refractivity contribution in [3.05, 3.63) is 12.4 Å². The van der Waals surface area contributed by atoms with Crippen LogP contribution in [0.3, 0.4) is 0 Å². The van der Waals surface area contributed by atoms with Crippen LogP contribution in [0, 0.1) is 5.41 Å². The number of rotatable bonds is 4. The Balaban J connectivity index is 3.81. The largest absolute Gasteiger partial charge is 0.312 e. The summed E-state index contributed by atoms with van der Waals surface area (Å²) in [6.07, 6.45) is 1.17. The minimum Gasteiger partial charge on any atom is -0.312 e. The molecular formula is C6H10NOP. The van der Waals surface area contributed by atoms with Crippen LogP contribution in [0.25, 0.3) is 0 Å². The van der Waals surface area contributed by atoms with Crippen LogP contribution < -0.4 is 0 Å². The van der Waals surface area contributed by atoms with Gasteiger partial charge < -0.3 is 5.41 Å². The Kier molecular flexibility index (Phi) is 4.16. The minimum absolute atomic E-state index is 0.0447. The molecule has 0 aromatic carbocycles. The van der Waals surface area contributed by atoms with Gasteiger partial charge in [0.25, 0.3) is 0 Å². The highest BCUT2D eigenvalue weighted by Crippen LogP contribution is 2.17. The summed E-state index contributed by atoms with van der Waals surface area (Å²) < 4.78 is 0. The third-order valence-corrected chi connectivity index (χ3v) is 2.07. The summed E-state index contributed by atoms with van der Waals surface area (Å²) >= 11 is 0. The predicted octanol–water partition coefficient (Wildman–Crippen LogP) is 1.42. The lowest BCUT2D eigenvalue weighted by Crippen LogP contribution is -2.11. The number of carbonyl (C=O) groups is 1. The highest BCUT2D eigenvalue weighted by Gasteiger charge is 2.06. The molecule has 0 aliphatic heterocycles. The molecule has 0 fully saturated rings. The third kappa shape index (κ3) is 3.15. The zero-order valence-electron chi connectivity index (χ0n) is 5.35. The molecule has 1 unspecified atom stereocenters. The second-order valence-corrected chi connectivity index (χ2v) is 2.99. The van der Waals surface area contributed by atoms with E-state index in [9.17, 15) is 4.79 Å². The van der Waals surface area contributed by atoms with Crippen LogP contribution in [-0.2, 0) is 4.79 Å². The molecule has 0 heterocycles. The molecule has 0 saturated heterocycles. The lowest BCUT2D eigenvalue weighted by atomic mass is 10.3. The standard InChI is InChI=1S/C6H10NOP/c1-3-9-6(4-7)5(2)8/h3-4,6-7,9H,1H2,2H3/t6-/m1/s1. The number of nitrogens with one attached hydrogen (secondary N) is 1. The van der Waals surface area contributed by atoms with Crippen LogP contribution in [0.4, 0.5) is 0 Å². The average molecular weight is 143 g/mol. The Morgan fingerprint density at radius 1 is 1.89 bits per heavy atom. The molecule has 50 valence electrons. The SMILES string of the molecule is C=CP[C@H](C=N)C(C)=O. The number of ketones is 1. The first-order valence-electron chi connectivity index (χ1n) is 2.60. The van der Waals surface area contributed by atoms with Crippen LogP contribution in [0.15, 0.2) is 12.4 Å². The van der Waals surface area contributed by atoms with Gasteiger partial charge in [0.05, 0.1) is 5.66 Å². The normalized spacial score (nSPS) is 13.4. The van der Waals surface area contributed by atoms with Gasteiger partial charge >= 0.3 is 0 Å². The molecule has 3 heteroatoms. The number of hydrogen-bond acceptors (Lipinski definition) is 2. The quantitative estimate of drug-likeness (QED) is 0.469. The Labute approximate surface area is 56.6 Å². The van der Waals surface area contributed by atoms with Crippen molar-refractivity contribution in [1.82, 2.24) is 0 Å². The maximum absolute atomic E-state index is 10.6. The van der Waals surface area contributed by atoms with Gasteiger partial charge in [0.15, 0.2) is 0 Å². The molecule has 0 aromatic rings. The highest BCUT2D eigenvalue weighted by molar-refractivity contribution is 7.45. The van der Waals surface area contributed by atoms with Gasteiger partial charge in [0, 0.05) is 6.21 Å². The molecule has 0 amide bonds. The van der Waals surface area contributed by atoms with Crippen LogP contribution in [0.2, 0.25) is 0 Å². The summed E-state index contributed by atoms with van der Waals surface area (Å²) in [4.78, 5) is 10.6. The molecule has 9 heavy (non-hydrogen) atoms. The van der Waals surface area contributed by atoms with Crippen molar-refractivity contribution in [2.24, 2.45) is 0 Å². The first-order valence-corrected chi connectivity index (χ1v) is 3.76. The first-order chi connectivity index (χ1) is 4.22. The van der Waals surface area contributed by atoms with E-state index in [4.69, 9.17) is 5.41 Å². The lowest BCUT2D eigenvalue weighted by molar-refractivity contribution is -0.115. The second kappa shape index (κ2) is 4.39. The number of carbonyl (C=O) groups excluding carboxylic acids is 1. The molecule has 0 aliphatic carbocycles. The van der Waals surface area contributed by atoms with Gasteiger partial charge in [0.2, 0.25) is 0 Å². The fourth-order valence-electron chi connectivity index (χ4n) is 0.410. The van der Waals surface area contributed by atoms with Crippen LogP contribution in [0.1, 0.15) is 6.92 Å². The minimum atomic E-state index is -0.220. The molecule has 1 N–H and O–H groups in total. The summed E-state index contributed by atoms with van der Waals surface area (Å²) in [7, 11) is 0.358. The molecule has 0 radical (unpaired) electrons. The van der Waals surface area contributed by atoms with E-state index in [0.717, 1.165) is 0 Å². The van der Waals surface area contributed by atoms with Crippen molar-refractivity contribution in [1.29, 1.82) is 5.41 Å². The molecule has 2 nitrogen and oxygen atoms in total. The molecule has 0 saturated carbocycles. The van der Waals surface area contributed by atoms with Gasteiger partial charge in [-0.2, -0.15) is 0 Å². The van der Waals surface area contributed by atoms with Crippen molar-refractivity contribution >= 4 is 20.6 Å². The Morgan fingerprint density at radius 2 is 2.44 bits per heavy atom. The third-order valence-electron chi connectivity index (χ3n) is 0.902. The van der Waals surface area contributed by atoms with E-state index in [1.165, 1.54) is 13.1 Å². The zero-order valence-corrected chi connectivity index (χ0v) is 6.35. The summed E-state index contributed by atoms with van der Waals surface area (Å²) in [6.45, 7) is 4.98. The summed E-state index contributed by atoms with van der Waals surface area (Å²) in [5.74, 6) is 1.72. The fraction of sp³-hybridized carbons (Fsp3) is 0.333. The van der Waals surface area contributed by atoms with E-state index in [1.54, 1.807) is 5.82 Å². The lowest BCUT2D eigenvalue weighted by Gasteiger charge is -2.00. The van der Waals surface area contributed by atoms with Gasteiger partial charge in [-0.3, -0.25) is 4.79 Å². The van der Waals surface area contributed by atoms with E-state index in [0.29, 0.717) is 8.58 Å². The van der Waals surface area contributed by atoms with E-state index in [2.05, 4.69) is 6.58 Å². The van der Waals surface area contributed by atoms with Gasteiger partial charge in [-0.1, -0.05) is 21.0 Å². The summed E-state index contributed by atoms with van der Waals surface area (Å²) in [6, 6.07) is 0. The fourth-order valence-corrected chi connectivity index (χ4v) is 0.995. The van der Waals surface area contributed by atoms with Gasteiger partial charge in [0.1, 0.15) is 5.78 Å². The Bertz CT molecular complexity index is 133. The number of hydrogen-bond donors (Lipinski definition) is 1. The molecule has 0 rings (SSSR count). The van der Waals surface area contributed by atoms with Crippen LogP contribution >= 0.6 is 8.58 Å². The van der Waals surface area contributed by atoms with Gasteiger partial charge in [-0.15, -0.1) is 0 Å². The van der Waals surface area contributed by atoms with Crippen molar-refractivity contribution in [3.63, 3.8) is 0 Å². The Hall–Kier alpha value is -0.490. The predicted molar refractivity (Wildman–Crippen MR) is 41.8 cm³/mol. The summed E-state index contributed by atoms with van der Waals surface area (Å²) in [5.41, 5.74) is -0.220. The van der Waals surface area contributed by atoms with Crippen LogP contribution in [-0.4, -0.2) is 17.7 Å². The Morgan fingerprint density at radius 3 is 2.56 bits per heavy atom. The van der Waals surface area contributed by atoms with Crippen molar-refractivity contribution in [2.45, 2.75) is 12.6 Å². The van der Waals surface area contributed by atoms with Gasteiger partial charge in [-0.05, 0) is 6.92 Å². The average Bonchev–Trinajstić information content (AvgIpc) is 1.82. The van der Waals surface area contributed by atoms with Crippen molar-refractivity contribution < 1.29 is 4.79 Å². The van der Waals surface area contributed by atoms with Crippen molar-refractivity contribution in [2.75, 3.05) is 0 Å². The van der Waals surface area contributed by atoms with E-state index < -0.39 is 0 Å². The van der Waals surface area contributed by atoms with E-state index in [1.807, 2.05) is 0 Å². The molecule has 0 bridgehead atoms. The monoisotopic (exact) mass is 143 g/mol. The molecule has 0 aromatic heterocycles. The molecular weight excluding hydrogens is 133 g/mol. The zero-order chi connectivity index (χ0) is 7.28. The molecule has 2 atom stereocenters. The molecule has 0 spiro atoms. The van der Waals surface area contributed by atoms with Gasteiger partial charge in [-0.25, -0.2) is 0 Å². The van der Waals surface area contributed by atoms with Crippen molar-refractivity contribution in [3.8, 4) is 0 Å². The van der Waals surface area contributed by atoms with E-state index >= 15 is 0 Å². The topological polar surface area (TPSA) is 40.9 Å². The smallest absolute Gasteiger partial charge is 0.142 e. The van der Waals surface area contributed by atoms with Crippen LogP contribution in [0.5, 0.6) is 0 Å². The highest BCUT2D eigenvalue weighted by atomic mass is 31.1. The van der Waals surface area contributed by atoms with E-state index in [-0.39, 0.29) is 11.4 Å². The molecule has 0 aliphatic rings. The maximum Gasteiger partial charge on any atom is 0.142 e. The summed E-state index contributed by atoms with van der Waals surface area (Å²) in [5, 5.41) is 6.81. The maximum atomic E-state index is 10.6. The second-order valence-electron chi connectivity index (χ2n) is 1.63. The first kappa shape index (κ1) is 8.51. The number of Topliss-reactive ketones (excluding diaryl/α,β-unsaturated/α-hetero) is 1.